The topological polar surface area (TPSA) is 70.0 Å². The number of guanidine groups is 1. The van der Waals surface area contributed by atoms with E-state index in [2.05, 4.69) is 15.3 Å². The maximum Gasteiger partial charge on any atom is 0.193 e. The van der Waals surface area contributed by atoms with Crippen LogP contribution >= 0.6 is 35.6 Å². The average molecular weight is 505 g/mol. The minimum atomic E-state index is -0.664. The van der Waals surface area contributed by atoms with Crippen LogP contribution in [0.5, 0.6) is 5.75 Å². The van der Waals surface area contributed by atoms with Crippen LogP contribution in [0.1, 0.15) is 18.6 Å². The number of likely N-dealkylation sites (N-methyl/N-ethyl adjacent to an activating group) is 1. The van der Waals surface area contributed by atoms with E-state index >= 15 is 0 Å². The molecule has 148 valence electrons. The fraction of sp³-hybridized carbons (Fsp3) is 0.368. The summed E-state index contributed by atoms with van der Waals surface area (Å²) >= 11 is 5.95. The van der Waals surface area contributed by atoms with Gasteiger partial charge in [0.05, 0.1) is 19.2 Å². The molecule has 1 aromatic heterocycles. The predicted molar refractivity (Wildman–Crippen MR) is 120 cm³/mol. The minimum absolute atomic E-state index is 0. The lowest BCUT2D eigenvalue weighted by atomic mass is 10.1. The molecule has 8 heteroatoms. The molecule has 0 spiro atoms. The summed E-state index contributed by atoms with van der Waals surface area (Å²) in [5, 5.41) is 14.1. The Bertz CT molecular complexity index is 703. The van der Waals surface area contributed by atoms with E-state index in [1.807, 2.05) is 37.1 Å². The number of halogens is 2. The molecular weight excluding hydrogens is 479 g/mol. The predicted octanol–water partition coefficient (Wildman–Crippen LogP) is 3.36. The molecule has 1 unspecified atom stereocenters. The number of pyridine rings is 1. The van der Waals surface area contributed by atoms with Crippen molar-refractivity contribution >= 4 is 41.5 Å². The first kappa shape index (κ1) is 23.5. The van der Waals surface area contributed by atoms with Crippen molar-refractivity contribution in [3.8, 4) is 5.75 Å². The second kappa shape index (κ2) is 12.7. The summed E-state index contributed by atoms with van der Waals surface area (Å²) in [5.41, 5.74) is 0.798. The lowest BCUT2D eigenvalue weighted by molar-refractivity contribution is 0.186. The zero-order valence-corrected chi connectivity index (χ0v) is 18.6. The summed E-state index contributed by atoms with van der Waals surface area (Å²) in [4.78, 5) is 10.4. The molecule has 27 heavy (non-hydrogen) atoms. The Kier molecular flexibility index (Phi) is 11.1. The maximum atomic E-state index is 10.3. The molecule has 0 aliphatic carbocycles. The van der Waals surface area contributed by atoms with Gasteiger partial charge in [0, 0.05) is 31.0 Å². The number of hydrogen-bond donors (Lipinski definition) is 2. The third kappa shape index (κ3) is 8.32. The summed E-state index contributed by atoms with van der Waals surface area (Å²) < 4.78 is 5.72. The van der Waals surface area contributed by atoms with Gasteiger partial charge < -0.3 is 20.1 Å². The van der Waals surface area contributed by atoms with Crippen LogP contribution in [0.25, 0.3) is 0 Å². The normalized spacial score (nSPS) is 12.1. The van der Waals surface area contributed by atoms with Crippen LogP contribution in [0.15, 0.2) is 53.8 Å². The Balaban J connectivity index is 0.00000364. The average Bonchev–Trinajstić information content (AvgIpc) is 2.65. The van der Waals surface area contributed by atoms with Gasteiger partial charge in [-0.25, -0.2) is 0 Å². The summed E-state index contributed by atoms with van der Waals surface area (Å²) in [6, 6.07) is 10.9. The molecule has 2 aromatic rings. The highest BCUT2D eigenvalue weighted by Gasteiger charge is 2.10. The number of ether oxygens (including phenoxy) is 1. The first-order valence-electron chi connectivity index (χ1n) is 8.56. The Morgan fingerprint density at radius 1 is 1.33 bits per heavy atom. The smallest absolute Gasteiger partial charge is 0.193 e. The number of aliphatic imine (C=N–C) groups is 1. The molecule has 6 nitrogen and oxygen atoms in total. The van der Waals surface area contributed by atoms with E-state index < -0.39 is 6.10 Å². The van der Waals surface area contributed by atoms with Gasteiger partial charge in [-0.2, -0.15) is 0 Å². The summed E-state index contributed by atoms with van der Waals surface area (Å²) in [5.74, 6) is 1.45. The van der Waals surface area contributed by atoms with Crippen molar-refractivity contribution in [3.63, 3.8) is 0 Å². The molecule has 0 fully saturated rings. The van der Waals surface area contributed by atoms with Crippen molar-refractivity contribution < 1.29 is 9.84 Å². The SMILES string of the molecule is CCNC(=NCC(O)c1ccncc1)N(C)CCOc1cccc(Cl)c1.I. The molecule has 0 saturated carbocycles. The first-order chi connectivity index (χ1) is 12.6. The van der Waals surface area contributed by atoms with E-state index in [1.165, 1.54) is 0 Å². The molecule has 2 rings (SSSR count). The molecule has 0 radical (unpaired) electrons. The Labute approximate surface area is 182 Å². The zero-order valence-electron chi connectivity index (χ0n) is 15.5. The van der Waals surface area contributed by atoms with Gasteiger partial charge in [0.15, 0.2) is 5.96 Å². The Hall–Kier alpha value is -1.58. The number of nitrogens with one attached hydrogen (secondary N) is 1. The highest BCUT2D eigenvalue weighted by Crippen LogP contribution is 2.17. The minimum Gasteiger partial charge on any atom is -0.492 e. The van der Waals surface area contributed by atoms with Crippen LogP contribution in [0.2, 0.25) is 5.02 Å². The van der Waals surface area contributed by atoms with Crippen LogP contribution < -0.4 is 10.1 Å². The van der Waals surface area contributed by atoms with Crippen molar-refractivity contribution in [2.24, 2.45) is 4.99 Å². The third-order valence-electron chi connectivity index (χ3n) is 3.69. The van der Waals surface area contributed by atoms with Crippen molar-refractivity contribution in [3.05, 3.63) is 59.4 Å². The second-order valence-electron chi connectivity index (χ2n) is 5.72. The molecule has 0 bridgehead atoms. The lowest BCUT2D eigenvalue weighted by Crippen LogP contribution is -2.41. The highest BCUT2D eigenvalue weighted by molar-refractivity contribution is 14.0. The standard InChI is InChI=1S/C19H25ClN4O2.HI/c1-3-22-19(23-14-18(25)15-7-9-21-10-8-15)24(2)11-12-26-17-6-4-5-16(20)13-17;/h4-10,13,18,25H,3,11-12,14H2,1-2H3,(H,22,23);1H. The monoisotopic (exact) mass is 504 g/mol. The molecule has 1 aromatic carbocycles. The third-order valence-corrected chi connectivity index (χ3v) is 3.93. The van der Waals surface area contributed by atoms with E-state index in [1.54, 1.807) is 30.6 Å². The van der Waals surface area contributed by atoms with E-state index in [4.69, 9.17) is 16.3 Å². The summed E-state index contributed by atoms with van der Waals surface area (Å²) in [6.07, 6.45) is 2.65. The van der Waals surface area contributed by atoms with Gasteiger partial charge in [0.2, 0.25) is 0 Å². The molecule has 2 N–H and O–H groups in total. The molecule has 1 heterocycles. The fourth-order valence-corrected chi connectivity index (χ4v) is 2.48. The zero-order chi connectivity index (χ0) is 18.8. The number of aromatic nitrogens is 1. The Morgan fingerprint density at radius 2 is 2.07 bits per heavy atom. The first-order valence-corrected chi connectivity index (χ1v) is 8.93. The summed E-state index contributed by atoms with van der Waals surface area (Å²) in [6.45, 7) is 4.15. The van der Waals surface area contributed by atoms with E-state index in [0.29, 0.717) is 18.2 Å². The van der Waals surface area contributed by atoms with Gasteiger partial charge in [0.25, 0.3) is 0 Å². The van der Waals surface area contributed by atoms with Crippen molar-refractivity contribution in [1.29, 1.82) is 0 Å². The van der Waals surface area contributed by atoms with E-state index in [0.717, 1.165) is 23.8 Å². The van der Waals surface area contributed by atoms with Crippen molar-refractivity contribution in [1.82, 2.24) is 15.2 Å². The lowest BCUT2D eigenvalue weighted by Gasteiger charge is -2.22. The summed E-state index contributed by atoms with van der Waals surface area (Å²) in [7, 11) is 1.93. The molecule has 1 atom stereocenters. The van der Waals surface area contributed by atoms with Crippen molar-refractivity contribution in [2.45, 2.75) is 13.0 Å². The van der Waals surface area contributed by atoms with Crippen LogP contribution in [-0.2, 0) is 0 Å². The molecular formula is C19H26ClIN4O2. The van der Waals surface area contributed by atoms with Crippen LogP contribution in [0.3, 0.4) is 0 Å². The molecule has 0 amide bonds. The number of aliphatic hydroxyl groups is 1. The maximum absolute atomic E-state index is 10.3. The van der Waals surface area contributed by atoms with Crippen LogP contribution in [0.4, 0.5) is 0 Å². The quantitative estimate of drug-likeness (QED) is 0.328. The Morgan fingerprint density at radius 3 is 2.74 bits per heavy atom. The van der Waals surface area contributed by atoms with Crippen LogP contribution in [0, 0.1) is 0 Å². The largest absolute Gasteiger partial charge is 0.492 e. The highest BCUT2D eigenvalue weighted by atomic mass is 127. The number of aliphatic hydroxyl groups excluding tert-OH is 1. The van der Waals surface area contributed by atoms with Crippen LogP contribution in [-0.4, -0.2) is 54.2 Å². The molecule has 0 saturated heterocycles. The fourth-order valence-electron chi connectivity index (χ4n) is 2.30. The van der Waals surface area contributed by atoms with E-state index in [9.17, 15) is 5.11 Å². The number of benzene rings is 1. The number of hydrogen-bond acceptors (Lipinski definition) is 4. The van der Waals surface area contributed by atoms with Gasteiger partial charge in [-0.05, 0) is 42.8 Å². The van der Waals surface area contributed by atoms with Crippen molar-refractivity contribution in [2.75, 3.05) is 33.3 Å². The van der Waals surface area contributed by atoms with Gasteiger partial charge in [0.1, 0.15) is 12.4 Å². The van der Waals surface area contributed by atoms with Gasteiger partial charge in [-0.3, -0.25) is 9.98 Å². The molecule has 0 aliphatic heterocycles. The van der Waals surface area contributed by atoms with E-state index in [-0.39, 0.29) is 30.5 Å². The van der Waals surface area contributed by atoms with Gasteiger partial charge in [-0.1, -0.05) is 17.7 Å². The van der Waals surface area contributed by atoms with Gasteiger partial charge >= 0.3 is 0 Å². The second-order valence-corrected chi connectivity index (χ2v) is 6.15. The van der Waals surface area contributed by atoms with Gasteiger partial charge in [-0.15, -0.1) is 24.0 Å². The number of rotatable bonds is 8. The number of nitrogens with zero attached hydrogens (tertiary/aromatic N) is 3. The molecule has 0 aliphatic rings.